The quantitative estimate of drug-likeness (QED) is 0.512. The molecular weight excluding hydrogens is 274 g/mol. The molecule has 1 saturated heterocycles. The third-order valence-electron chi connectivity index (χ3n) is 2.79. The van der Waals surface area contributed by atoms with Gasteiger partial charge in [-0.2, -0.15) is 5.10 Å². The van der Waals surface area contributed by atoms with E-state index in [-0.39, 0.29) is 11.8 Å². The minimum absolute atomic E-state index is 0.0467. The molecule has 0 amide bonds. The molecule has 0 saturated carbocycles. The number of nitro groups is 1. The number of nitrogens with zero attached hydrogens (tertiary/aromatic N) is 2. The highest BCUT2D eigenvalue weighted by Crippen LogP contribution is 2.22. The van der Waals surface area contributed by atoms with Crippen LogP contribution in [-0.2, 0) is 9.47 Å². The van der Waals surface area contributed by atoms with Crippen molar-refractivity contribution in [3.05, 3.63) is 46.5 Å². The average molecular weight is 291 g/mol. The van der Waals surface area contributed by atoms with Gasteiger partial charge >= 0.3 is 0 Å². The van der Waals surface area contributed by atoms with Gasteiger partial charge in [0.15, 0.2) is 5.79 Å². The number of allylic oxidation sites excluding steroid dienone is 1. The SMILES string of the molecule is CC1(C)OCC(/C=C/C=N/Nc2ccc([N+](=O)[O-])cc2)O1. The summed E-state index contributed by atoms with van der Waals surface area (Å²) in [5.41, 5.74) is 3.50. The van der Waals surface area contributed by atoms with Crippen LogP contribution < -0.4 is 5.43 Å². The summed E-state index contributed by atoms with van der Waals surface area (Å²) in [6.07, 6.45) is 5.12. The smallest absolute Gasteiger partial charge is 0.269 e. The van der Waals surface area contributed by atoms with Crippen molar-refractivity contribution in [3.8, 4) is 0 Å². The van der Waals surface area contributed by atoms with Crippen LogP contribution in [0.2, 0.25) is 0 Å². The van der Waals surface area contributed by atoms with Crippen molar-refractivity contribution in [3.63, 3.8) is 0 Å². The van der Waals surface area contributed by atoms with Crippen molar-refractivity contribution in [2.45, 2.75) is 25.7 Å². The van der Waals surface area contributed by atoms with Crippen LogP contribution in [0.5, 0.6) is 0 Å². The fourth-order valence-electron chi connectivity index (χ4n) is 1.80. The first kappa shape index (κ1) is 15.1. The number of ether oxygens (including phenoxy) is 2. The average Bonchev–Trinajstić information content (AvgIpc) is 2.78. The van der Waals surface area contributed by atoms with Crippen molar-refractivity contribution in [2.24, 2.45) is 5.10 Å². The van der Waals surface area contributed by atoms with Gasteiger partial charge < -0.3 is 9.47 Å². The summed E-state index contributed by atoms with van der Waals surface area (Å²) in [6, 6.07) is 6.02. The van der Waals surface area contributed by atoms with E-state index in [1.807, 2.05) is 19.9 Å². The Morgan fingerprint density at radius 1 is 1.43 bits per heavy atom. The van der Waals surface area contributed by atoms with Gasteiger partial charge in [-0.25, -0.2) is 0 Å². The van der Waals surface area contributed by atoms with E-state index < -0.39 is 10.7 Å². The van der Waals surface area contributed by atoms with Crippen molar-refractivity contribution in [2.75, 3.05) is 12.0 Å². The molecule has 112 valence electrons. The molecule has 1 aromatic carbocycles. The molecule has 2 rings (SSSR count). The zero-order valence-electron chi connectivity index (χ0n) is 11.9. The minimum Gasteiger partial charge on any atom is -0.347 e. The highest BCUT2D eigenvalue weighted by atomic mass is 16.7. The van der Waals surface area contributed by atoms with Crippen molar-refractivity contribution in [1.29, 1.82) is 0 Å². The second kappa shape index (κ2) is 6.47. The maximum atomic E-state index is 10.5. The fourth-order valence-corrected chi connectivity index (χ4v) is 1.80. The van der Waals surface area contributed by atoms with Gasteiger partial charge in [0.25, 0.3) is 5.69 Å². The Balaban J connectivity index is 1.79. The lowest BCUT2D eigenvalue weighted by Gasteiger charge is -2.15. The van der Waals surface area contributed by atoms with Gasteiger partial charge in [0, 0.05) is 18.3 Å². The summed E-state index contributed by atoms with van der Waals surface area (Å²) in [4.78, 5) is 10.1. The molecule has 1 fully saturated rings. The summed E-state index contributed by atoms with van der Waals surface area (Å²) in [5.74, 6) is -0.539. The molecule has 0 radical (unpaired) electrons. The lowest BCUT2D eigenvalue weighted by molar-refractivity contribution is -0.384. The van der Waals surface area contributed by atoms with Crippen LogP contribution >= 0.6 is 0 Å². The third kappa shape index (κ3) is 4.66. The van der Waals surface area contributed by atoms with Crippen LogP contribution in [0.15, 0.2) is 41.5 Å². The molecule has 1 aliphatic heterocycles. The van der Waals surface area contributed by atoms with Gasteiger partial charge in [-0.05, 0) is 32.1 Å². The van der Waals surface area contributed by atoms with Crippen LogP contribution in [-0.4, -0.2) is 29.6 Å². The van der Waals surface area contributed by atoms with Crippen LogP contribution in [0.4, 0.5) is 11.4 Å². The van der Waals surface area contributed by atoms with Crippen LogP contribution in [0.1, 0.15) is 13.8 Å². The summed E-state index contributed by atoms with van der Waals surface area (Å²) in [6.45, 7) is 4.25. The van der Waals surface area contributed by atoms with E-state index in [1.54, 1.807) is 24.4 Å². The molecule has 1 N–H and O–H groups in total. The molecule has 7 heteroatoms. The van der Waals surface area contributed by atoms with Gasteiger partial charge in [-0.15, -0.1) is 0 Å². The van der Waals surface area contributed by atoms with Crippen LogP contribution in [0.3, 0.4) is 0 Å². The number of nitro benzene ring substituents is 1. The second-order valence-corrected chi connectivity index (χ2v) is 4.95. The molecule has 1 aliphatic rings. The molecule has 0 aromatic heterocycles. The first-order valence-corrected chi connectivity index (χ1v) is 6.48. The van der Waals surface area contributed by atoms with E-state index in [9.17, 15) is 10.1 Å². The summed E-state index contributed by atoms with van der Waals surface area (Å²) in [5, 5.41) is 14.5. The minimum atomic E-state index is -0.539. The number of anilines is 1. The molecular formula is C14H17N3O4. The highest BCUT2D eigenvalue weighted by molar-refractivity contribution is 5.72. The van der Waals surface area contributed by atoms with E-state index in [4.69, 9.17) is 9.47 Å². The van der Waals surface area contributed by atoms with E-state index in [1.165, 1.54) is 12.1 Å². The fraction of sp³-hybridized carbons (Fsp3) is 0.357. The first-order chi connectivity index (χ1) is 9.96. The summed E-state index contributed by atoms with van der Waals surface area (Å²) >= 11 is 0. The number of rotatable bonds is 5. The molecule has 1 heterocycles. The number of hydrogen-bond donors (Lipinski definition) is 1. The monoisotopic (exact) mass is 291 g/mol. The Morgan fingerprint density at radius 2 is 2.14 bits per heavy atom. The van der Waals surface area contributed by atoms with Crippen molar-refractivity contribution < 1.29 is 14.4 Å². The van der Waals surface area contributed by atoms with E-state index in [0.717, 1.165) is 0 Å². The largest absolute Gasteiger partial charge is 0.347 e. The Kier molecular flexibility index (Phi) is 4.66. The zero-order valence-corrected chi connectivity index (χ0v) is 11.9. The Labute approximate surface area is 122 Å². The normalized spacial score (nSPS) is 21.1. The topological polar surface area (TPSA) is 86.0 Å². The molecule has 0 aliphatic carbocycles. The first-order valence-electron chi connectivity index (χ1n) is 6.48. The van der Waals surface area contributed by atoms with Crippen LogP contribution in [0, 0.1) is 10.1 Å². The summed E-state index contributed by atoms with van der Waals surface area (Å²) < 4.78 is 11.0. The number of nitrogens with one attached hydrogen (secondary N) is 1. The summed E-state index contributed by atoms with van der Waals surface area (Å²) in [7, 11) is 0. The maximum absolute atomic E-state index is 10.5. The van der Waals surface area contributed by atoms with Crippen LogP contribution in [0.25, 0.3) is 0 Å². The Morgan fingerprint density at radius 3 is 2.71 bits per heavy atom. The third-order valence-corrected chi connectivity index (χ3v) is 2.79. The molecule has 7 nitrogen and oxygen atoms in total. The number of hydrogen-bond acceptors (Lipinski definition) is 6. The number of hydrazone groups is 1. The van der Waals surface area contributed by atoms with Gasteiger partial charge in [-0.3, -0.25) is 15.5 Å². The van der Waals surface area contributed by atoms with Gasteiger partial charge in [0.2, 0.25) is 0 Å². The lowest BCUT2D eigenvalue weighted by atomic mass is 10.3. The van der Waals surface area contributed by atoms with Crippen molar-refractivity contribution in [1.82, 2.24) is 0 Å². The second-order valence-electron chi connectivity index (χ2n) is 4.95. The number of non-ortho nitro benzene ring substituents is 1. The van der Waals surface area contributed by atoms with E-state index in [0.29, 0.717) is 12.3 Å². The Hall–Kier alpha value is -2.25. The lowest BCUT2D eigenvalue weighted by Crippen LogP contribution is -2.20. The predicted molar refractivity (Wildman–Crippen MR) is 79.3 cm³/mol. The molecule has 1 aromatic rings. The number of benzene rings is 1. The maximum Gasteiger partial charge on any atom is 0.269 e. The zero-order chi connectivity index (χ0) is 15.3. The van der Waals surface area contributed by atoms with Gasteiger partial charge in [0.05, 0.1) is 17.2 Å². The standard InChI is InChI=1S/C14H17N3O4/c1-14(2)20-10-13(21-14)4-3-9-15-16-11-5-7-12(8-6-11)17(18)19/h3-9,13,16H,10H2,1-2H3/b4-3+,15-9+. The molecule has 1 unspecified atom stereocenters. The molecule has 0 spiro atoms. The van der Waals surface area contributed by atoms with Crippen molar-refractivity contribution >= 4 is 17.6 Å². The van der Waals surface area contributed by atoms with E-state index in [2.05, 4.69) is 10.5 Å². The highest BCUT2D eigenvalue weighted by Gasteiger charge is 2.30. The molecule has 21 heavy (non-hydrogen) atoms. The van der Waals surface area contributed by atoms with E-state index >= 15 is 0 Å². The Bertz CT molecular complexity index is 552. The van der Waals surface area contributed by atoms with Gasteiger partial charge in [0.1, 0.15) is 6.10 Å². The molecule has 1 atom stereocenters. The molecule has 0 bridgehead atoms. The predicted octanol–water partition coefficient (Wildman–Crippen LogP) is 2.70. The van der Waals surface area contributed by atoms with Gasteiger partial charge in [-0.1, -0.05) is 6.08 Å².